The van der Waals surface area contributed by atoms with Gasteiger partial charge < -0.3 is 10.2 Å². The van der Waals surface area contributed by atoms with Gasteiger partial charge in [-0.25, -0.2) is 8.78 Å². The number of rotatable bonds is 9. The van der Waals surface area contributed by atoms with E-state index in [2.05, 4.69) is 10.2 Å². The van der Waals surface area contributed by atoms with E-state index < -0.39 is 18.9 Å². The predicted molar refractivity (Wildman–Crippen MR) is 56.2 cm³/mol. The minimum Gasteiger partial charge on any atom is -0.311 e. The molecule has 0 aliphatic carbocycles. The second-order valence-corrected chi connectivity index (χ2v) is 3.62. The average Bonchev–Trinajstić information content (AvgIpc) is 2.23. The van der Waals surface area contributed by atoms with Gasteiger partial charge in [0, 0.05) is 0 Å². The summed E-state index contributed by atoms with van der Waals surface area (Å²) in [5.41, 5.74) is 0. The highest BCUT2D eigenvalue weighted by Gasteiger charge is 2.39. The van der Waals surface area contributed by atoms with E-state index in [4.69, 9.17) is 0 Å². The molecule has 16 heavy (non-hydrogen) atoms. The lowest BCUT2D eigenvalue weighted by Crippen LogP contribution is -2.39. The summed E-state index contributed by atoms with van der Waals surface area (Å²) in [5, 5.41) is 2.35. The predicted octanol–water partition coefficient (Wildman–Crippen LogP) is 2.21. The SMILES string of the molecule is CCN(CC)CCCNCC(F)(F)C(F)F. The van der Waals surface area contributed by atoms with E-state index in [0.29, 0.717) is 13.0 Å². The van der Waals surface area contributed by atoms with Crippen LogP contribution in [0.1, 0.15) is 20.3 Å². The molecule has 0 bridgehead atoms. The van der Waals surface area contributed by atoms with Crippen molar-refractivity contribution in [2.75, 3.05) is 32.7 Å². The first-order valence-electron chi connectivity index (χ1n) is 5.53. The molecular weight excluding hydrogens is 224 g/mol. The van der Waals surface area contributed by atoms with Crippen molar-refractivity contribution in [2.45, 2.75) is 32.6 Å². The lowest BCUT2D eigenvalue weighted by Gasteiger charge is -2.19. The van der Waals surface area contributed by atoms with Gasteiger partial charge >= 0.3 is 12.3 Å². The van der Waals surface area contributed by atoms with E-state index >= 15 is 0 Å². The van der Waals surface area contributed by atoms with Gasteiger partial charge in [-0.2, -0.15) is 8.78 Å². The first kappa shape index (κ1) is 15.6. The highest BCUT2D eigenvalue weighted by atomic mass is 19.3. The van der Waals surface area contributed by atoms with Gasteiger partial charge in [0.1, 0.15) is 0 Å². The van der Waals surface area contributed by atoms with Gasteiger partial charge in [-0.3, -0.25) is 0 Å². The van der Waals surface area contributed by atoms with Crippen LogP contribution in [0.25, 0.3) is 0 Å². The maximum atomic E-state index is 12.4. The number of hydrogen-bond donors (Lipinski definition) is 1. The molecule has 0 aromatic carbocycles. The Hall–Kier alpha value is -0.360. The molecule has 0 aromatic heterocycles. The highest BCUT2D eigenvalue weighted by molar-refractivity contribution is 4.72. The average molecular weight is 244 g/mol. The van der Waals surface area contributed by atoms with Crippen molar-refractivity contribution in [2.24, 2.45) is 0 Å². The molecule has 0 aliphatic rings. The molecular formula is C10H20F4N2. The van der Waals surface area contributed by atoms with E-state index in [0.717, 1.165) is 19.6 Å². The van der Waals surface area contributed by atoms with Crippen molar-refractivity contribution in [3.63, 3.8) is 0 Å². The highest BCUT2D eigenvalue weighted by Crippen LogP contribution is 2.21. The number of nitrogens with zero attached hydrogens (tertiary/aromatic N) is 1. The molecule has 0 saturated heterocycles. The third-order valence-electron chi connectivity index (χ3n) is 2.40. The summed E-state index contributed by atoms with van der Waals surface area (Å²) in [4.78, 5) is 2.15. The van der Waals surface area contributed by atoms with E-state index in [1.54, 1.807) is 0 Å². The zero-order valence-corrected chi connectivity index (χ0v) is 9.78. The van der Waals surface area contributed by atoms with Gasteiger partial charge in [0.25, 0.3) is 0 Å². The molecule has 0 aromatic rings. The largest absolute Gasteiger partial charge is 0.319 e. The standard InChI is InChI=1S/C10H20F4N2/c1-3-16(4-2)7-5-6-15-8-10(13,14)9(11)12/h9,15H,3-8H2,1-2H3. The lowest BCUT2D eigenvalue weighted by molar-refractivity contribution is -0.125. The topological polar surface area (TPSA) is 15.3 Å². The van der Waals surface area contributed by atoms with Crippen LogP contribution in [0.3, 0.4) is 0 Å². The van der Waals surface area contributed by atoms with Crippen molar-refractivity contribution >= 4 is 0 Å². The Labute approximate surface area is 94.0 Å². The van der Waals surface area contributed by atoms with Crippen LogP contribution in [0.15, 0.2) is 0 Å². The zero-order chi connectivity index (χ0) is 12.6. The molecule has 0 fully saturated rings. The van der Waals surface area contributed by atoms with E-state index in [1.807, 2.05) is 13.8 Å². The minimum atomic E-state index is -3.92. The van der Waals surface area contributed by atoms with E-state index in [1.165, 1.54) is 0 Å². The van der Waals surface area contributed by atoms with Crippen molar-refractivity contribution in [3.05, 3.63) is 0 Å². The maximum absolute atomic E-state index is 12.4. The molecule has 6 heteroatoms. The molecule has 0 heterocycles. The minimum absolute atomic E-state index is 0.332. The van der Waals surface area contributed by atoms with E-state index in [-0.39, 0.29) is 0 Å². The van der Waals surface area contributed by atoms with Gasteiger partial charge in [0.15, 0.2) is 0 Å². The Balaban J connectivity index is 3.53. The van der Waals surface area contributed by atoms with Crippen molar-refractivity contribution in [3.8, 4) is 0 Å². The van der Waals surface area contributed by atoms with Gasteiger partial charge in [-0.1, -0.05) is 13.8 Å². The maximum Gasteiger partial charge on any atom is 0.319 e. The summed E-state index contributed by atoms with van der Waals surface area (Å²) in [6, 6.07) is 0. The summed E-state index contributed by atoms with van der Waals surface area (Å²) in [7, 11) is 0. The van der Waals surface area contributed by atoms with Crippen LogP contribution in [0.5, 0.6) is 0 Å². The monoisotopic (exact) mass is 244 g/mol. The fourth-order valence-corrected chi connectivity index (χ4v) is 1.30. The zero-order valence-electron chi connectivity index (χ0n) is 9.78. The number of alkyl halides is 4. The van der Waals surface area contributed by atoms with Gasteiger partial charge in [0.2, 0.25) is 0 Å². The molecule has 0 rings (SSSR count). The fraction of sp³-hybridized carbons (Fsp3) is 1.00. The molecule has 0 aliphatic heterocycles. The molecule has 2 nitrogen and oxygen atoms in total. The van der Waals surface area contributed by atoms with Gasteiger partial charge in [-0.15, -0.1) is 0 Å². The normalized spacial score (nSPS) is 12.8. The number of hydrogen-bond acceptors (Lipinski definition) is 2. The molecule has 0 spiro atoms. The number of halogens is 4. The molecule has 0 atom stereocenters. The Morgan fingerprint density at radius 2 is 1.75 bits per heavy atom. The first-order valence-corrected chi connectivity index (χ1v) is 5.53. The summed E-state index contributed by atoms with van der Waals surface area (Å²) < 4.78 is 48.4. The van der Waals surface area contributed by atoms with Crippen LogP contribution < -0.4 is 5.32 Å². The second-order valence-electron chi connectivity index (χ2n) is 3.62. The van der Waals surface area contributed by atoms with Crippen molar-refractivity contribution < 1.29 is 17.6 Å². The Morgan fingerprint density at radius 1 is 1.19 bits per heavy atom. The van der Waals surface area contributed by atoms with Gasteiger partial charge in [0.05, 0.1) is 6.54 Å². The Kier molecular flexibility index (Phi) is 7.66. The summed E-state index contributed by atoms with van der Waals surface area (Å²) in [6.07, 6.45) is -2.91. The van der Waals surface area contributed by atoms with Crippen LogP contribution in [0.4, 0.5) is 17.6 Å². The summed E-state index contributed by atoms with van der Waals surface area (Å²) in [6.45, 7) is 6.01. The molecule has 98 valence electrons. The first-order chi connectivity index (χ1) is 7.44. The molecule has 1 N–H and O–H groups in total. The fourth-order valence-electron chi connectivity index (χ4n) is 1.30. The summed E-state index contributed by atoms with van der Waals surface area (Å²) >= 11 is 0. The van der Waals surface area contributed by atoms with Crippen LogP contribution >= 0.6 is 0 Å². The van der Waals surface area contributed by atoms with Crippen molar-refractivity contribution in [1.82, 2.24) is 10.2 Å². The molecule has 0 unspecified atom stereocenters. The van der Waals surface area contributed by atoms with Crippen LogP contribution in [-0.2, 0) is 0 Å². The smallest absolute Gasteiger partial charge is 0.311 e. The molecule has 0 radical (unpaired) electrons. The molecule has 0 amide bonds. The summed E-state index contributed by atoms with van der Waals surface area (Å²) in [5.74, 6) is -3.92. The third-order valence-corrected chi connectivity index (χ3v) is 2.40. The quantitative estimate of drug-likeness (QED) is 0.494. The lowest BCUT2D eigenvalue weighted by atomic mass is 10.3. The second kappa shape index (κ2) is 7.84. The van der Waals surface area contributed by atoms with Gasteiger partial charge in [-0.05, 0) is 32.6 Å². The Morgan fingerprint density at radius 3 is 2.19 bits per heavy atom. The molecule has 0 saturated carbocycles. The van der Waals surface area contributed by atoms with Crippen LogP contribution in [0, 0.1) is 0 Å². The van der Waals surface area contributed by atoms with Crippen LogP contribution in [-0.4, -0.2) is 50.0 Å². The van der Waals surface area contributed by atoms with Crippen LogP contribution in [0.2, 0.25) is 0 Å². The van der Waals surface area contributed by atoms with Crippen molar-refractivity contribution in [1.29, 1.82) is 0 Å². The third kappa shape index (κ3) is 6.27. The number of nitrogens with one attached hydrogen (secondary N) is 1. The Bertz CT molecular complexity index is 172. The van der Waals surface area contributed by atoms with E-state index in [9.17, 15) is 17.6 Å².